The van der Waals surface area contributed by atoms with Crippen molar-refractivity contribution in [1.82, 2.24) is 0 Å². The summed E-state index contributed by atoms with van der Waals surface area (Å²) in [5, 5.41) is 9.24. The van der Waals surface area contributed by atoms with Crippen LogP contribution in [0, 0.1) is 23.7 Å². The SMILES string of the molecule is CC1CCC(C(C)C)C(OC(C(=O)O)C(C)C)C1. The predicted molar refractivity (Wildman–Crippen MR) is 72.5 cm³/mol. The lowest BCUT2D eigenvalue weighted by molar-refractivity contribution is -0.165. The van der Waals surface area contributed by atoms with E-state index in [4.69, 9.17) is 4.74 Å². The summed E-state index contributed by atoms with van der Waals surface area (Å²) in [5.74, 6) is 0.899. The minimum atomic E-state index is -0.828. The predicted octanol–water partition coefficient (Wildman–Crippen LogP) is 3.57. The third-order valence-electron chi connectivity index (χ3n) is 4.13. The number of rotatable bonds is 5. The molecule has 1 aliphatic carbocycles. The van der Waals surface area contributed by atoms with Gasteiger partial charge in [0, 0.05) is 0 Å². The summed E-state index contributed by atoms with van der Waals surface area (Å²) in [7, 11) is 0. The van der Waals surface area contributed by atoms with Gasteiger partial charge in [-0.25, -0.2) is 4.79 Å². The van der Waals surface area contributed by atoms with Crippen molar-refractivity contribution in [3.63, 3.8) is 0 Å². The second-order valence-corrected chi connectivity index (χ2v) is 6.50. The van der Waals surface area contributed by atoms with Gasteiger partial charge in [-0.05, 0) is 36.5 Å². The summed E-state index contributed by atoms with van der Waals surface area (Å²) in [6.07, 6.45) is 2.84. The summed E-state index contributed by atoms with van der Waals surface area (Å²) < 4.78 is 5.96. The standard InChI is InChI=1S/C15H28O3/c1-9(2)12-7-6-11(5)8-13(12)18-14(10(3)4)15(16)17/h9-14H,6-8H2,1-5H3,(H,16,17). The van der Waals surface area contributed by atoms with Crippen LogP contribution in [0.3, 0.4) is 0 Å². The van der Waals surface area contributed by atoms with Crippen molar-refractivity contribution in [2.75, 3.05) is 0 Å². The number of ether oxygens (including phenoxy) is 1. The second kappa shape index (κ2) is 6.55. The molecule has 0 spiro atoms. The first kappa shape index (κ1) is 15.5. The first-order chi connectivity index (χ1) is 8.32. The third-order valence-corrected chi connectivity index (χ3v) is 4.13. The third kappa shape index (κ3) is 3.98. The molecule has 0 aromatic heterocycles. The lowest BCUT2D eigenvalue weighted by Crippen LogP contribution is -2.41. The van der Waals surface area contributed by atoms with Crippen LogP contribution in [-0.2, 0) is 9.53 Å². The van der Waals surface area contributed by atoms with Gasteiger partial charge in [-0.3, -0.25) is 0 Å². The van der Waals surface area contributed by atoms with E-state index in [1.54, 1.807) is 0 Å². The molecule has 18 heavy (non-hydrogen) atoms. The lowest BCUT2D eigenvalue weighted by atomic mass is 9.75. The van der Waals surface area contributed by atoms with Gasteiger partial charge in [-0.15, -0.1) is 0 Å². The molecule has 3 nitrogen and oxygen atoms in total. The van der Waals surface area contributed by atoms with Crippen molar-refractivity contribution < 1.29 is 14.6 Å². The van der Waals surface area contributed by atoms with Crippen LogP contribution in [0.15, 0.2) is 0 Å². The molecular weight excluding hydrogens is 228 g/mol. The fraction of sp³-hybridized carbons (Fsp3) is 0.933. The zero-order valence-corrected chi connectivity index (χ0v) is 12.3. The molecule has 4 unspecified atom stereocenters. The Balaban J connectivity index is 2.73. The van der Waals surface area contributed by atoms with Crippen LogP contribution >= 0.6 is 0 Å². The molecule has 3 heteroatoms. The maximum Gasteiger partial charge on any atom is 0.333 e. The first-order valence-electron chi connectivity index (χ1n) is 7.21. The molecule has 106 valence electrons. The molecule has 0 heterocycles. The zero-order valence-electron chi connectivity index (χ0n) is 12.3. The van der Waals surface area contributed by atoms with Crippen LogP contribution in [-0.4, -0.2) is 23.3 Å². The smallest absolute Gasteiger partial charge is 0.333 e. The normalized spacial score (nSPS) is 30.7. The van der Waals surface area contributed by atoms with Gasteiger partial charge in [0.15, 0.2) is 6.10 Å². The van der Waals surface area contributed by atoms with E-state index in [0.717, 1.165) is 12.8 Å². The topological polar surface area (TPSA) is 46.5 Å². The van der Waals surface area contributed by atoms with Gasteiger partial charge in [0.1, 0.15) is 0 Å². The van der Waals surface area contributed by atoms with Crippen LogP contribution in [0.5, 0.6) is 0 Å². The van der Waals surface area contributed by atoms with Crippen LogP contribution in [0.25, 0.3) is 0 Å². The summed E-state index contributed by atoms with van der Waals surface area (Å²) in [4.78, 5) is 11.2. The molecular formula is C15H28O3. The maximum atomic E-state index is 11.2. The number of carboxylic acid groups (broad SMARTS) is 1. The Kier molecular flexibility index (Phi) is 5.64. The fourth-order valence-corrected chi connectivity index (χ4v) is 2.96. The van der Waals surface area contributed by atoms with Gasteiger partial charge >= 0.3 is 5.97 Å². The molecule has 1 rings (SSSR count). The minimum Gasteiger partial charge on any atom is -0.479 e. The highest BCUT2D eigenvalue weighted by molar-refractivity contribution is 5.72. The van der Waals surface area contributed by atoms with Gasteiger partial charge in [-0.2, -0.15) is 0 Å². The van der Waals surface area contributed by atoms with Crippen molar-refractivity contribution in [3.05, 3.63) is 0 Å². The number of carboxylic acids is 1. The molecule has 0 aromatic carbocycles. The molecule has 4 atom stereocenters. The monoisotopic (exact) mass is 256 g/mol. The highest BCUT2D eigenvalue weighted by Crippen LogP contribution is 2.36. The molecule has 1 N–H and O–H groups in total. The zero-order chi connectivity index (χ0) is 13.9. The van der Waals surface area contributed by atoms with Crippen LogP contribution < -0.4 is 0 Å². The number of hydrogen-bond donors (Lipinski definition) is 1. The Bertz CT molecular complexity index is 273. The second-order valence-electron chi connectivity index (χ2n) is 6.50. The lowest BCUT2D eigenvalue weighted by Gasteiger charge is -2.39. The van der Waals surface area contributed by atoms with Crippen LogP contribution in [0.1, 0.15) is 53.9 Å². The number of hydrogen-bond acceptors (Lipinski definition) is 2. The van der Waals surface area contributed by atoms with E-state index in [-0.39, 0.29) is 12.0 Å². The van der Waals surface area contributed by atoms with Gasteiger partial charge in [0.25, 0.3) is 0 Å². The number of carbonyl (C=O) groups is 1. The van der Waals surface area contributed by atoms with Crippen LogP contribution in [0.4, 0.5) is 0 Å². The Morgan fingerprint density at radius 1 is 1.22 bits per heavy atom. The summed E-state index contributed by atoms with van der Waals surface area (Å²) in [5.41, 5.74) is 0. The molecule has 0 saturated heterocycles. The first-order valence-corrected chi connectivity index (χ1v) is 7.21. The molecule has 0 amide bonds. The largest absolute Gasteiger partial charge is 0.479 e. The van der Waals surface area contributed by atoms with Crippen LogP contribution in [0.2, 0.25) is 0 Å². The quantitative estimate of drug-likeness (QED) is 0.818. The number of aliphatic carboxylic acids is 1. The Morgan fingerprint density at radius 3 is 2.28 bits per heavy atom. The minimum absolute atomic E-state index is 0.0209. The van der Waals surface area contributed by atoms with Crippen molar-refractivity contribution in [2.24, 2.45) is 23.7 Å². The molecule has 0 aliphatic heterocycles. The summed E-state index contributed by atoms with van der Waals surface area (Å²) in [6.45, 7) is 10.5. The molecule has 0 radical (unpaired) electrons. The van der Waals surface area contributed by atoms with Crippen molar-refractivity contribution >= 4 is 5.97 Å². The average Bonchev–Trinajstić information content (AvgIpc) is 2.24. The van der Waals surface area contributed by atoms with E-state index >= 15 is 0 Å². The van der Waals surface area contributed by atoms with Crippen molar-refractivity contribution in [1.29, 1.82) is 0 Å². The van der Waals surface area contributed by atoms with Crippen molar-refractivity contribution in [3.8, 4) is 0 Å². The van der Waals surface area contributed by atoms with Crippen molar-refractivity contribution in [2.45, 2.75) is 66.1 Å². The van der Waals surface area contributed by atoms with Gasteiger partial charge in [0.05, 0.1) is 6.10 Å². The average molecular weight is 256 g/mol. The molecule has 1 saturated carbocycles. The molecule has 0 aromatic rings. The Labute approximate surface area is 111 Å². The van der Waals surface area contributed by atoms with E-state index in [1.807, 2.05) is 13.8 Å². The maximum absolute atomic E-state index is 11.2. The van der Waals surface area contributed by atoms with Gasteiger partial charge in [0.2, 0.25) is 0 Å². The van der Waals surface area contributed by atoms with Gasteiger partial charge in [-0.1, -0.05) is 41.0 Å². The highest BCUT2D eigenvalue weighted by Gasteiger charge is 2.35. The van der Waals surface area contributed by atoms with E-state index < -0.39 is 12.1 Å². The van der Waals surface area contributed by atoms with E-state index in [0.29, 0.717) is 17.8 Å². The van der Waals surface area contributed by atoms with E-state index in [1.165, 1.54) is 6.42 Å². The highest BCUT2D eigenvalue weighted by atomic mass is 16.5. The summed E-state index contributed by atoms with van der Waals surface area (Å²) >= 11 is 0. The molecule has 1 fully saturated rings. The molecule has 1 aliphatic rings. The Hall–Kier alpha value is -0.570. The molecule has 0 bridgehead atoms. The Morgan fingerprint density at radius 2 is 1.83 bits per heavy atom. The fourth-order valence-electron chi connectivity index (χ4n) is 2.96. The summed E-state index contributed by atoms with van der Waals surface area (Å²) in [6, 6.07) is 0. The van der Waals surface area contributed by atoms with E-state index in [2.05, 4.69) is 20.8 Å². The van der Waals surface area contributed by atoms with E-state index in [9.17, 15) is 9.90 Å². The van der Waals surface area contributed by atoms with Gasteiger partial charge < -0.3 is 9.84 Å².